The van der Waals surface area contributed by atoms with Crippen molar-refractivity contribution in [3.8, 4) is 0 Å². The molecule has 0 saturated carbocycles. The minimum absolute atomic E-state index is 0.0738. The Morgan fingerprint density at radius 2 is 1.89 bits per heavy atom. The zero-order valence-corrected chi connectivity index (χ0v) is 16.1. The van der Waals surface area contributed by atoms with Gasteiger partial charge in [-0.2, -0.15) is 5.10 Å². The molecule has 144 valence electrons. The number of aromatic nitrogens is 2. The van der Waals surface area contributed by atoms with Crippen LogP contribution in [-0.2, 0) is 6.54 Å². The maximum atomic E-state index is 13.6. The second kappa shape index (κ2) is 8.13. The predicted molar refractivity (Wildman–Crippen MR) is 110 cm³/mol. The summed E-state index contributed by atoms with van der Waals surface area (Å²) in [4.78, 5) is 24.9. The molecule has 9 heteroatoms. The van der Waals surface area contributed by atoms with E-state index in [1.54, 1.807) is 50.2 Å². The van der Waals surface area contributed by atoms with Gasteiger partial charge in [0.25, 0.3) is 11.5 Å². The Labute approximate surface area is 165 Å². The van der Waals surface area contributed by atoms with Gasteiger partial charge in [0.2, 0.25) is 0 Å². The quantitative estimate of drug-likeness (QED) is 0.463. The van der Waals surface area contributed by atoms with Gasteiger partial charge in [-0.1, -0.05) is 24.3 Å². The molecule has 1 aromatic heterocycles. The number of thiocarbonyl (C=S) groups is 1. The Balaban J connectivity index is 1.76. The van der Waals surface area contributed by atoms with Crippen LogP contribution in [0.5, 0.6) is 0 Å². The van der Waals surface area contributed by atoms with Crippen LogP contribution in [0.15, 0.2) is 47.3 Å². The minimum atomic E-state index is -0.558. The van der Waals surface area contributed by atoms with E-state index in [0.29, 0.717) is 28.6 Å². The number of aryl methyl sites for hydroxylation is 2. The highest BCUT2D eigenvalue weighted by molar-refractivity contribution is 7.80. The topological polar surface area (TPSA) is 88.1 Å². The summed E-state index contributed by atoms with van der Waals surface area (Å²) in [6, 6.07) is 11.3. The van der Waals surface area contributed by atoms with E-state index in [1.807, 2.05) is 0 Å². The van der Waals surface area contributed by atoms with Gasteiger partial charge >= 0.3 is 0 Å². The summed E-state index contributed by atoms with van der Waals surface area (Å²) in [7, 11) is 0. The molecule has 3 rings (SSSR count). The van der Waals surface area contributed by atoms with Crippen LogP contribution in [0.3, 0.4) is 0 Å². The smallest absolute Gasteiger partial charge is 0.290 e. The van der Waals surface area contributed by atoms with E-state index < -0.39 is 5.91 Å². The minimum Gasteiger partial charge on any atom is -0.331 e. The molecule has 1 amide bonds. The number of anilines is 1. The first kappa shape index (κ1) is 19.4. The fraction of sp³-hybridized carbons (Fsp3) is 0.158. The van der Waals surface area contributed by atoms with Gasteiger partial charge in [-0.15, -0.1) is 0 Å². The van der Waals surface area contributed by atoms with Crippen molar-refractivity contribution in [2.24, 2.45) is 0 Å². The van der Waals surface area contributed by atoms with Gasteiger partial charge in [0.15, 0.2) is 10.8 Å². The molecule has 0 spiro atoms. The Kier molecular flexibility index (Phi) is 5.65. The van der Waals surface area contributed by atoms with Gasteiger partial charge < -0.3 is 5.32 Å². The van der Waals surface area contributed by atoms with Crippen LogP contribution in [0.25, 0.3) is 10.8 Å². The van der Waals surface area contributed by atoms with Gasteiger partial charge in [0, 0.05) is 17.6 Å². The normalized spacial score (nSPS) is 10.5. The Morgan fingerprint density at radius 1 is 1.18 bits per heavy atom. The first-order valence-corrected chi connectivity index (χ1v) is 8.95. The highest BCUT2D eigenvalue weighted by atomic mass is 32.1. The third-order valence-corrected chi connectivity index (χ3v) is 4.31. The second-order valence-electron chi connectivity index (χ2n) is 6.01. The van der Waals surface area contributed by atoms with E-state index >= 15 is 0 Å². The van der Waals surface area contributed by atoms with E-state index in [1.165, 1.54) is 10.7 Å². The van der Waals surface area contributed by atoms with Gasteiger partial charge in [0.1, 0.15) is 5.82 Å². The molecule has 28 heavy (non-hydrogen) atoms. The van der Waals surface area contributed by atoms with Crippen molar-refractivity contribution in [1.82, 2.24) is 20.6 Å². The number of nitrogens with one attached hydrogen (secondary N) is 3. The number of carbonyl (C=O) groups is 1. The summed E-state index contributed by atoms with van der Waals surface area (Å²) in [6.07, 6.45) is 0. The summed E-state index contributed by atoms with van der Waals surface area (Å²) in [5.41, 5.74) is 5.78. The van der Waals surface area contributed by atoms with Crippen molar-refractivity contribution in [1.29, 1.82) is 0 Å². The lowest BCUT2D eigenvalue weighted by atomic mass is 10.1. The standard InChI is InChI=1S/C19H18FN5O2S/c1-3-25-18(27)14-7-5-4-6-13(14)16(24-25)17(26)22-23-19(28)21-12-9-8-11(2)15(20)10-12/h4-10H,3H2,1-2H3,(H,22,26)(H2,21,23,28). The fourth-order valence-corrected chi connectivity index (χ4v) is 2.79. The number of rotatable bonds is 3. The highest BCUT2D eigenvalue weighted by Gasteiger charge is 2.16. The molecular formula is C19H18FN5O2S. The van der Waals surface area contributed by atoms with Crippen LogP contribution in [0.1, 0.15) is 23.0 Å². The summed E-state index contributed by atoms with van der Waals surface area (Å²) in [5, 5.41) is 7.83. The van der Waals surface area contributed by atoms with Crippen molar-refractivity contribution >= 4 is 39.7 Å². The first-order chi connectivity index (χ1) is 13.4. The van der Waals surface area contributed by atoms with E-state index in [4.69, 9.17) is 12.2 Å². The number of fused-ring (bicyclic) bond motifs is 1. The largest absolute Gasteiger partial charge is 0.331 e. The fourth-order valence-electron chi connectivity index (χ4n) is 2.62. The summed E-state index contributed by atoms with van der Waals surface area (Å²) in [6.45, 7) is 3.75. The van der Waals surface area contributed by atoms with Gasteiger partial charge in [-0.05, 0) is 49.8 Å². The molecule has 0 aliphatic heterocycles. The van der Waals surface area contributed by atoms with Crippen LogP contribution in [0.4, 0.5) is 10.1 Å². The summed E-state index contributed by atoms with van der Waals surface area (Å²) in [5.74, 6) is -0.924. The van der Waals surface area contributed by atoms with E-state index in [-0.39, 0.29) is 22.2 Å². The van der Waals surface area contributed by atoms with Crippen molar-refractivity contribution in [2.45, 2.75) is 20.4 Å². The average molecular weight is 399 g/mol. The lowest BCUT2D eigenvalue weighted by molar-refractivity contribution is 0.0938. The first-order valence-electron chi connectivity index (χ1n) is 8.54. The lowest BCUT2D eigenvalue weighted by Crippen LogP contribution is -2.44. The monoisotopic (exact) mass is 399 g/mol. The molecule has 0 radical (unpaired) electrons. The number of hydrogen-bond donors (Lipinski definition) is 3. The molecule has 7 nitrogen and oxygen atoms in total. The molecule has 0 bridgehead atoms. The van der Waals surface area contributed by atoms with Crippen molar-refractivity contribution in [2.75, 3.05) is 5.32 Å². The van der Waals surface area contributed by atoms with Crippen LogP contribution in [0, 0.1) is 12.7 Å². The summed E-state index contributed by atoms with van der Waals surface area (Å²) < 4.78 is 14.8. The number of carbonyl (C=O) groups excluding carboxylic acids is 1. The number of benzene rings is 2. The number of amides is 1. The molecule has 0 atom stereocenters. The van der Waals surface area contributed by atoms with E-state index in [9.17, 15) is 14.0 Å². The second-order valence-corrected chi connectivity index (χ2v) is 6.42. The highest BCUT2D eigenvalue weighted by Crippen LogP contribution is 2.14. The number of hydrazine groups is 1. The molecule has 1 heterocycles. The Morgan fingerprint density at radius 3 is 2.57 bits per heavy atom. The predicted octanol–water partition coefficient (Wildman–Crippen LogP) is 2.50. The molecule has 0 unspecified atom stereocenters. The third kappa shape index (κ3) is 3.99. The van der Waals surface area contributed by atoms with Gasteiger partial charge in [0.05, 0.1) is 5.39 Å². The van der Waals surface area contributed by atoms with Crippen LogP contribution in [-0.4, -0.2) is 20.8 Å². The maximum Gasteiger partial charge on any atom is 0.290 e. The third-order valence-electron chi connectivity index (χ3n) is 4.10. The van der Waals surface area contributed by atoms with Crippen molar-refractivity contribution < 1.29 is 9.18 Å². The lowest BCUT2D eigenvalue weighted by Gasteiger charge is -2.13. The summed E-state index contributed by atoms with van der Waals surface area (Å²) >= 11 is 5.11. The van der Waals surface area contributed by atoms with Crippen LogP contribution in [0.2, 0.25) is 0 Å². The van der Waals surface area contributed by atoms with E-state index in [0.717, 1.165) is 0 Å². The molecule has 3 N–H and O–H groups in total. The molecule has 0 aliphatic carbocycles. The Bertz CT molecular complexity index is 1130. The number of nitrogens with zero attached hydrogens (tertiary/aromatic N) is 2. The average Bonchev–Trinajstić information content (AvgIpc) is 2.69. The molecule has 0 aliphatic rings. The van der Waals surface area contributed by atoms with Crippen molar-refractivity contribution in [3.63, 3.8) is 0 Å². The van der Waals surface area contributed by atoms with Crippen LogP contribution >= 0.6 is 12.2 Å². The van der Waals surface area contributed by atoms with E-state index in [2.05, 4.69) is 21.3 Å². The zero-order valence-electron chi connectivity index (χ0n) is 15.2. The number of halogens is 1. The number of hydrogen-bond acceptors (Lipinski definition) is 4. The van der Waals surface area contributed by atoms with Gasteiger partial charge in [-0.25, -0.2) is 9.07 Å². The molecule has 3 aromatic rings. The maximum absolute atomic E-state index is 13.6. The SMILES string of the molecule is CCn1nc(C(=O)NNC(=S)Nc2ccc(C)c(F)c2)c2ccccc2c1=O. The molecular weight excluding hydrogens is 381 g/mol. The van der Waals surface area contributed by atoms with Crippen LogP contribution < -0.4 is 21.7 Å². The zero-order chi connectivity index (χ0) is 20.3. The Hall–Kier alpha value is -3.33. The van der Waals surface area contributed by atoms with Crippen molar-refractivity contribution in [3.05, 3.63) is 69.9 Å². The molecule has 0 saturated heterocycles. The molecule has 2 aromatic carbocycles. The van der Waals surface area contributed by atoms with Gasteiger partial charge in [-0.3, -0.25) is 20.4 Å². The molecule has 0 fully saturated rings.